The van der Waals surface area contributed by atoms with Gasteiger partial charge < -0.3 is 0 Å². The summed E-state index contributed by atoms with van der Waals surface area (Å²) in [5.41, 5.74) is 3.27. The van der Waals surface area contributed by atoms with Crippen LogP contribution in [-0.2, 0) is 0 Å². The first-order valence-electron chi connectivity index (χ1n) is 5.45. The van der Waals surface area contributed by atoms with Crippen LogP contribution in [0.25, 0.3) is 11.4 Å². The molecule has 3 rings (SSSR count). The lowest BCUT2D eigenvalue weighted by Gasteiger charge is -2.07. The molecule has 0 N–H and O–H groups in total. The van der Waals surface area contributed by atoms with Crippen molar-refractivity contribution in [2.75, 3.05) is 0 Å². The minimum Gasteiger partial charge on any atom is -0.241 e. The highest BCUT2D eigenvalue weighted by Gasteiger charge is 2.02. The van der Waals surface area contributed by atoms with Gasteiger partial charge in [-0.2, -0.15) is 10.2 Å². The van der Waals surface area contributed by atoms with E-state index in [9.17, 15) is 0 Å². The monoisotopic (exact) mass is 224 g/mol. The molecule has 4 heteroatoms. The Morgan fingerprint density at radius 3 is 1.76 bits per heavy atom. The van der Waals surface area contributed by atoms with Gasteiger partial charge in [0.05, 0.1) is 11.4 Å². The van der Waals surface area contributed by atoms with Gasteiger partial charge in [0.25, 0.3) is 0 Å². The Labute approximate surface area is 99.1 Å². The molecule has 4 nitrogen and oxygen atoms in total. The van der Waals surface area contributed by atoms with Crippen LogP contribution in [0.5, 0.6) is 0 Å². The summed E-state index contributed by atoms with van der Waals surface area (Å²) in [6.45, 7) is 2.07. The Hall–Kier alpha value is -2.36. The summed E-state index contributed by atoms with van der Waals surface area (Å²) in [5.74, 6) is 0. The van der Waals surface area contributed by atoms with Gasteiger partial charge in [0.15, 0.2) is 0 Å². The van der Waals surface area contributed by atoms with Gasteiger partial charge in [-0.1, -0.05) is 0 Å². The normalized spacial score (nSPS) is 10.6. The van der Waals surface area contributed by atoms with Crippen LogP contribution in [0.15, 0.2) is 55.1 Å². The lowest BCUT2D eigenvalue weighted by molar-refractivity contribution is 0.854. The van der Waals surface area contributed by atoms with E-state index < -0.39 is 0 Å². The van der Waals surface area contributed by atoms with Crippen LogP contribution >= 0.6 is 0 Å². The van der Waals surface area contributed by atoms with Gasteiger partial charge in [0, 0.05) is 24.8 Å². The van der Waals surface area contributed by atoms with Crippen molar-refractivity contribution in [1.29, 1.82) is 0 Å². The van der Waals surface area contributed by atoms with Gasteiger partial charge >= 0.3 is 0 Å². The van der Waals surface area contributed by atoms with E-state index >= 15 is 0 Å². The second kappa shape index (κ2) is 3.90. The zero-order chi connectivity index (χ0) is 11.7. The number of benzene rings is 1. The van der Waals surface area contributed by atoms with Crippen LogP contribution in [0.1, 0.15) is 5.56 Å². The smallest absolute Gasteiger partial charge is 0.0669 e. The number of aryl methyl sites for hydroxylation is 1. The molecule has 0 atom stereocenters. The highest BCUT2D eigenvalue weighted by molar-refractivity contribution is 5.46. The summed E-state index contributed by atoms with van der Waals surface area (Å²) >= 11 is 0. The molecule has 0 unspecified atom stereocenters. The molecule has 84 valence electrons. The predicted octanol–water partition coefficient (Wildman–Crippen LogP) is 2.37. The fraction of sp³-hybridized carbons (Fsp3) is 0.0769. The number of hydrogen-bond donors (Lipinski definition) is 0. The highest BCUT2D eigenvalue weighted by atomic mass is 15.3. The molecule has 0 saturated heterocycles. The molecular weight excluding hydrogens is 212 g/mol. The lowest BCUT2D eigenvalue weighted by Crippen LogP contribution is -2.00. The Morgan fingerprint density at radius 2 is 1.35 bits per heavy atom. The molecule has 1 aromatic carbocycles. The Bertz CT molecular complexity index is 556. The minimum absolute atomic E-state index is 1.04. The SMILES string of the molecule is Cc1cc(-n2cccn2)cc(-n2cccn2)c1. The van der Waals surface area contributed by atoms with Crippen molar-refractivity contribution < 1.29 is 0 Å². The third-order valence-corrected chi connectivity index (χ3v) is 2.58. The van der Waals surface area contributed by atoms with Crippen molar-refractivity contribution in [2.24, 2.45) is 0 Å². The van der Waals surface area contributed by atoms with Gasteiger partial charge in [-0.25, -0.2) is 9.36 Å². The summed E-state index contributed by atoms with van der Waals surface area (Å²) in [4.78, 5) is 0. The summed E-state index contributed by atoms with van der Waals surface area (Å²) < 4.78 is 3.69. The Balaban J connectivity index is 2.13. The average molecular weight is 224 g/mol. The zero-order valence-electron chi connectivity index (χ0n) is 9.49. The maximum absolute atomic E-state index is 4.24. The van der Waals surface area contributed by atoms with Crippen LogP contribution in [0.2, 0.25) is 0 Å². The molecule has 0 aliphatic rings. The fourth-order valence-electron chi connectivity index (χ4n) is 1.85. The van der Waals surface area contributed by atoms with Gasteiger partial charge in [-0.3, -0.25) is 0 Å². The molecule has 3 aromatic rings. The Kier molecular flexibility index (Phi) is 2.26. The molecule has 0 radical (unpaired) electrons. The lowest BCUT2D eigenvalue weighted by atomic mass is 10.2. The van der Waals surface area contributed by atoms with Gasteiger partial charge in [0.1, 0.15) is 0 Å². The molecule has 2 heterocycles. The van der Waals surface area contributed by atoms with E-state index in [0.717, 1.165) is 11.4 Å². The molecule has 0 saturated carbocycles. The van der Waals surface area contributed by atoms with E-state index in [1.165, 1.54) is 5.56 Å². The minimum atomic E-state index is 1.04. The summed E-state index contributed by atoms with van der Waals surface area (Å²) in [6.07, 6.45) is 7.41. The average Bonchev–Trinajstić information content (AvgIpc) is 3.02. The van der Waals surface area contributed by atoms with Gasteiger partial charge in [-0.15, -0.1) is 0 Å². The molecular formula is C13H12N4. The van der Waals surface area contributed by atoms with Gasteiger partial charge in [-0.05, 0) is 42.8 Å². The van der Waals surface area contributed by atoms with Gasteiger partial charge in [0.2, 0.25) is 0 Å². The molecule has 17 heavy (non-hydrogen) atoms. The maximum Gasteiger partial charge on any atom is 0.0669 e. The van der Waals surface area contributed by atoms with E-state index in [-0.39, 0.29) is 0 Å². The van der Waals surface area contributed by atoms with Crippen LogP contribution in [-0.4, -0.2) is 19.6 Å². The van der Waals surface area contributed by atoms with Crippen molar-refractivity contribution in [3.8, 4) is 11.4 Å². The van der Waals surface area contributed by atoms with E-state index in [2.05, 4.69) is 35.3 Å². The van der Waals surface area contributed by atoms with Crippen molar-refractivity contribution in [1.82, 2.24) is 19.6 Å². The summed E-state index contributed by atoms with van der Waals surface area (Å²) in [7, 11) is 0. The molecule has 0 aliphatic heterocycles. The second-order valence-corrected chi connectivity index (χ2v) is 3.93. The van der Waals surface area contributed by atoms with Crippen LogP contribution in [0, 0.1) is 6.92 Å². The third-order valence-electron chi connectivity index (χ3n) is 2.58. The summed E-state index contributed by atoms with van der Waals surface area (Å²) in [6, 6.07) is 10.1. The molecule has 0 aliphatic carbocycles. The summed E-state index contributed by atoms with van der Waals surface area (Å²) in [5, 5.41) is 8.47. The van der Waals surface area contributed by atoms with Crippen molar-refractivity contribution >= 4 is 0 Å². The molecule has 0 spiro atoms. The topological polar surface area (TPSA) is 35.6 Å². The van der Waals surface area contributed by atoms with Crippen molar-refractivity contribution in [3.63, 3.8) is 0 Å². The van der Waals surface area contributed by atoms with Crippen molar-refractivity contribution in [2.45, 2.75) is 6.92 Å². The maximum atomic E-state index is 4.24. The number of hydrogen-bond acceptors (Lipinski definition) is 2. The molecule has 0 fully saturated rings. The van der Waals surface area contributed by atoms with Crippen LogP contribution in [0.4, 0.5) is 0 Å². The number of rotatable bonds is 2. The quantitative estimate of drug-likeness (QED) is 0.670. The standard InChI is InChI=1S/C13H12N4/c1-11-8-12(16-6-2-4-14-16)10-13(9-11)17-7-3-5-15-17/h2-10H,1H3. The largest absolute Gasteiger partial charge is 0.241 e. The first-order valence-corrected chi connectivity index (χ1v) is 5.45. The molecule has 0 amide bonds. The zero-order valence-corrected chi connectivity index (χ0v) is 9.49. The Morgan fingerprint density at radius 1 is 0.824 bits per heavy atom. The third kappa shape index (κ3) is 1.85. The number of nitrogens with zero attached hydrogens (tertiary/aromatic N) is 4. The first kappa shape index (κ1) is 9.84. The van der Waals surface area contributed by atoms with Crippen molar-refractivity contribution in [3.05, 3.63) is 60.7 Å². The predicted molar refractivity (Wildman–Crippen MR) is 65.4 cm³/mol. The fourth-order valence-corrected chi connectivity index (χ4v) is 1.85. The van der Waals surface area contributed by atoms with Crippen LogP contribution in [0.3, 0.4) is 0 Å². The van der Waals surface area contributed by atoms with E-state index in [1.807, 2.05) is 33.9 Å². The van der Waals surface area contributed by atoms with E-state index in [1.54, 1.807) is 12.4 Å². The number of aromatic nitrogens is 4. The van der Waals surface area contributed by atoms with E-state index in [4.69, 9.17) is 0 Å². The first-order chi connectivity index (χ1) is 8.33. The molecule has 0 bridgehead atoms. The van der Waals surface area contributed by atoms with E-state index in [0.29, 0.717) is 0 Å². The highest BCUT2D eigenvalue weighted by Crippen LogP contribution is 2.16. The van der Waals surface area contributed by atoms with Crippen LogP contribution < -0.4 is 0 Å². The molecule has 2 aromatic heterocycles. The second-order valence-electron chi connectivity index (χ2n) is 3.93.